The molecule has 0 saturated carbocycles. The van der Waals surface area contributed by atoms with Crippen molar-refractivity contribution in [3.63, 3.8) is 0 Å². The molecule has 2 rings (SSSR count). The van der Waals surface area contributed by atoms with Crippen LogP contribution in [0.2, 0.25) is 0 Å². The summed E-state index contributed by atoms with van der Waals surface area (Å²) in [7, 11) is 0. The smallest absolute Gasteiger partial charge is 0.317 e. The van der Waals surface area contributed by atoms with E-state index in [0.717, 1.165) is 31.7 Å². The Kier molecular flexibility index (Phi) is 5.87. The molecule has 5 heteroatoms. The summed E-state index contributed by atoms with van der Waals surface area (Å²) < 4.78 is 5.57. The molecular weight excluding hydrogens is 268 g/mol. The van der Waals surface area contributed by atoms with E-state index in [2.05, 4.69) is 5.32 Å². The largest absolute Gasteiger partial charge is 0.492 e. The van der Waals surface area contributed by atoms with Crippen LogP contribution in [0.5, 0.6) is 5.75 Å². The zero-order valence-electron chi connectivity index (χ0n) is 12.5. The zero-order valence-corrected chi connectivity index (χ0v) is 12.5. The lowest BCUT2D eigenvalue weighted by molar-refractivity contribution is 0.136. The van der Waals surface area contributed by atoms with E-state index in [4.69, 9.17) is 9.84 Å². The van der Waals surface area contributed by atoms with E-state index in [1.807, 2.05) is 31.2 Å². The SMILES string of the molecule is Cc1ccc(OCCNC(=O)N2CCC(CO)CC2)cc1. The molecule has 0 radical (unpaired) electrons. The minimum atomic E-state index is -0.0427. The molecule has 0 unspecified atom stereocenters. The Morgan fingerprint density at radius 3 is 2.62 bits per heavy atom. The molecule has 0 spiro atoms. The second-order valence-corrected chi connectivity index (χ2v) is 5.51. The number of piperidine rings is 1. The number of rotatable bonds is 5. The van der Waals surface area contributed by atoms with Gasteiger partial charge in [-0.15, -0.1) is 0 Å². The molecule has 1 aliphatic heterocycles. The Balaban J connectivity index is 1.62. The Labute approximate surface area is 125 Å². The van der Waals surface area contributed by atoms with Gasteiger partial charge in [-0.25, -0.2) is 4.79 Å². The summed E-state index contributed by atoms with van der Waals surface area (Å²) in [6.45, 7) is 4.64. The lowest BCUT2D eigenvalue weighted by atomic mass is 9.98. The maximum absolute atomic E-state index is 11.9. The third kappa shape index (κ3) is 4.93. The van der Waals surface area contributed by atoms with E-state index in [1.165, 1.54) is 5.56 Å². The molecule has 116 valence electrons. The molecule has 21 heavy (non-hydrogen) atoms. The normalized spacial score (nSPS) is 15.8. The van der Waals surface area contributed by atoms with Crippen LogP contribution in [0, 0.1) is 12.8 Å². The summed E-state index contributed by atoms with van der Waals surface area (Å²) in [5.74, 6) is 1.16. The summed E-state index contributed by atoms with van der Waals surface area (Å²) in [5, 5.41) is 11.9. The van der Waals surface area contributed by atoms with E-state index >= 15 is 0 Å². The van der Waals surface area contributed by atoms with Crippen LogP contribution in [0.4, 0.5) is 4.79 Å². The highest BCUT2D eigenvalue weighted by Gasteiger charge is 2.21. The van der Waals surface area contributed by atoms with Gasteiger partial charge in [0.2, 0.25) is 0 Å². The molecule has 1 aliphatic rings. The lowest BCUT2D eigenvalue weighted by Crippen LogP contribution is -2.45. The fraction of sp³-hybridized carbons (Fsp3) is 0.562. The van der Waals surface area contributed by atoms with Crippen LogP contribution < -0.4 is 10.1 Å². The maximum atomic E-state index is 11.9. The molecule has 0 atom stereocenters. The number of hydrogen-bond donors (Lipinski definition) is 2. The number of benzene rings is 1. The third-order valence-corrected chi connectivity index (χ3v) is 3.83. The van der Waals surface area contributed by atoms with Gasteiger partial charge >= 0.3 is 6.03 Å². The van der Waals surface area contributed by atoms with Crippen molar-refractivity contribution in [2.45, 2.75) is 19.8 Å². The number of carbonyl (C=O) groups excluding carboxylic acids is 1. The van der Waals surface area contributed by atoms with Crippen molar-refractivity contribution < 1.29 is 14.6 Å². The lowest BCUT2D eigenvalue weighted by Gasteiger charge is -2.31. The van der Waals surface area contributed by atoms with Gasteiger partial charge in [-0.2, -0.15) is 0 Å². The Morgan fingerprint density at radius 1 is 1.33 bits per heavy atom. The van der Waals surface area contributed by atoms with Crippen molar-refractivity contribution in [1.29, 1.82) is 0 Å². The summed E-state index contributed by atoms with van der Waals surface area (Å²) in [6.07, 6.45) is 1.76. The summed E-state index contributed by atoms with van der Waals surface area (Å²) >= 11 is 0. The fourth-order valence-electron chi connectivity index (χ4n) is 2.39. The highest BCUT2D eigenvalue weighted by atomic mass is 16.5. The molecule has 0 aliphatic carbocycles. The number of aryl methyl sites for hydroxylation is 1. The fourth-order valence-corrected chi connectivity index (χ4v) is 2.39. The molecule has 1 fully saturated rings. The number of urea groups is 1. The average Bonchev–Trinajstić information content (AvgIpc) is 2.53. The number of aliphatic hydroxyl groups excluding tert-OH is 1. The van der Waals surface area contributed by atoms with Crippen molar-refractivity contribution in [2.75, 3.05) is 32.8 Å². The molecule has 1 aromatic rings. The second kappa shape index (κ2) is 7.88. The Morgan fingerprint density at radius 2 is 2.00 bits per heavy atom. The molecular formula is C16H24N2O3. The van der Waals surface area contributed by atoms with Crippen LogP contribution in [-0.2, 0) is 0 Å². The summed E-state index contributed by atoms with van der Waals surface area (Å²) in [4.78, 5) is 13.7. The quantitative estimate of drug-likeness (QED) is 0.813. The van der Waals surface area contributed by atoms with Gasteiger partial charge in [-0.05, 0) is 37.8 Å². The van der Waals surface area contributed by atoms with Crippen LogP contribution in [0.1, 0.15) is 18.4 Å². The average molecular weight is 292 g/mol. The van der Waals surface area contributed by atoms with Gasteiger partial charge in [0.1, 0.15) is 12.4 Å². The van der Waals surface area contributed by atoms with Crippen molar-refractivity contribution in [3.8, 4) is 5.75 Å². The van der Waals surface area contributed by atoms with Crippen molar-refractivity contribution >= 4 is 6.03 Å². The van der Waals surface area contributed by atoms with Crippen molar-refractivity contribution in [3.05, 3.63) is 29.8 Å². The van der Waals surface area contributed by atoms with Crippen LogP contribution >= 0.6 is 0 Å². The van der Waals surface area contributed by atoms with E-state index in [-0.39, 0.29) is 12.6 Å². The first-order chi connectivity index (χ1) is 10.2. The maximum Gasteiger partial charge on any atom is 0.317 e. The number of amides is 2. The number of likely N-dealkylation sites (tertiary alicyclic amines) is 1. The topological polar surface area (TPSA) is 61.8 Å². The minimum absolute atomic E-state index is 0.0427. The molecule has 1 aromatic carbocycles. The van der Waals surface area contributed by atoms with Gasteiger partial charge in [-0.3, -0.25) is 0 Å². The first-order valence-electron chi connectivity index (χ1n) is 7.52. The molecule has 5 nitrogen and oxygen atoms in total. The number of nitrogens with zero attached hydrogens (tertiary/aromatic N) is 1. The van der Waals surface area contributed by atoms with Gasteiger partial charge in [0, 0.05) is 19.7 Å². The first-order valence-corrected chi connectivity index (χ1v) is 7.52. The standard InChI is InChI=1S/C16H24N2O3/c1-13-2-4-15(5-3-13)21-11-8-17-16(20)18-9-6-14(12-19)7-10-18/h2-5,14,19H,6-12H2,1H3,(H,17,20). The van der Waals surface area contributed by atoms with Crippen LogP contribution in [0.3, 0.4) is 0 Å². The van der Waals surface area contributed by atoms with E-state index in [9.17, 15) is 4.79 Å². The number of ether oxygens (including phenoxy) is 1. The number of carbonyl (C=O) groups is 1. The van der Waals surface area contributed by atoms with Gasteiger partial charge in [0.15, 0.2) is 0 Å². The molecule has 2 N–H and O–H groups in total. The number of nitrogens with one attached hydrogen (secondary N) is 1. The van der Waals surface area contributed by atoms with E-state index in [1.54, 1.807) is 4.90 Å². The molecule has 1 heterocycles. The predicted octanol–water partition coefficient (Wildman–Crippen LogP) is 1.79. The predicted molar refractivity (Wildman–Crippen MR) is 81.5 cm³/mol. The summed E-state index contributed by atoms with van der Waals surface area (Å²) in [6, 6.07) is 7.81. The second-order valence-electron chi connectivity index (χ2n) is 5.51. The van der Waals surface area contributed by atoms with Crippen LogP contribution in [0.15, 0.2) is 24.3 Å². The number of hydrogen-bond acceptors (Lipinski definition) is 3. The monoisotopic (exact) mass is 292 g/mol. The highest BCUT2D eigenvalue weighted by molar-refractivity contribution is 5.74. The van der Waals surface area contributed by atoms with Gasteiger partial charge in [-0.1, -0.05) is 17.7 Å². The zero-order chi connectivity index (χ0) is 15.1. The van der Waals surface area contributed by atoms with Gasteiger partial charge < -0.3 is 20.1 Å². The van der Waals surface area contributed by atoms with Crippen LogP contribution in [0.25, 0.3) is 0 Å². The molecule has 0 aromatic heterocycles. The highest BCUT2D eigenvalue weighted by Crippen LogP contribution is 2.16. The number of aliphatic hydroxyl groups is 1. The van der Waals surface area contributed by atoms with E-state index in [0.29, 0.717) is 19.1 Å². The van der Waals surface area contributed by atoms with E-state index < -0.39 is 0 Å². The molecule has 1 saturated heterocycles. The first kappa shape index (κ1) is 15.6. The summed E-state index contributed by atoms with van der Waals surface area (Å²) in [5.41, 5.74) is 1.20. The Hall–Kier alpha value is -1.75. The van der Waals surface area contributed by atoms with Gasteiger partial charge in [0.05, 0.1) is 6.54 Å². The molecule has 2 amide bonds. The van der Waals surface area contributed by atoms with Crippen molar-refractivity contribution in [2.24, 2.45) is 5.92 Å². The van der Waals surface area contributed by atoms with Gasteiger partial charge in [0.25, 0.3) is 0 Å². The minimum Gasteiger partial charge on any atom is -0.492 e. The third-order valence-electron chi connectivity index (χ3n) is 3.83. The Bertz CT molecular complexity index is 439. The van der Waals surface area contributed by atoms with Crippen molar-refractivity contribution in [1.82, 2.24) is 10.2 Å². The van der Waals surface area contributed by atoms with Crippen LogP contribution in [-0.4, -0.2) is 48.9 Å². The molecule has 0 bridgehead atoms.